The molecule has 1 aromatic carbocycles. The Hall–Kier alpha value is -2.22. The molecule has 0 radical (unpaired) electrons. The fourth-order valence-corrected chi connectivity index (χ4v) is 4.18. The molecular formula is C20H24ClN5OS. The minimum Gasteiger partial charge on any atom is -0.336 e. The molecular weight excluding hydrogens is 394 g/mol. The van der Waals surface area contributed by atoms with Crippen LogP contribution in [0.3, 0.4) is 0 Å². The van der Waals surface area contributed by atoms with Crippen molar-refractivity contribution in [3.8, 4) is 16.4 Å². The van der Waals surface area contributed by atoms with Crippen molar-refractivity contribution in [1.29, 1.82) is 0 Å². The molecule has 6 nitrogen and oxygen atoms in total. The van der Waals surface area contributed by atoms with E-state index in [1.54, 1.807) is 16.0 Å². The summed E-state index contributed by atoms with van der Waals surface area (Å²) < 4.78 is 1.76. The zero-order chi connectivity index (χ0) is 18.8. The Bertz CT molecular complexity index is 910. The lowest BCUT2D eigenvalue weighted by Crippen LogP contribution is -2.45. The fraction of sp³-hybridized carbons (Fsp3) is 0.350. The van der Waals surface area contributed by atoms with Gasteiger partial charge in [0, 0.05) is 19.1 Å². The number of halogens is 1. The van der Waals surface area contributed by atoms with Gasteiger partial charge in [0.2, 0.25) is 5.82 Å². The summed E-state index contributed by atoms with van der Waals surface area (Å²) in [5.41, 5.74) is 6.95. The molecule has 2 atom stereocenters. The van der Waals surface area contributed by atoms with Gasteiger partial charge >= 0.3 is 0 Å². The van der Waals surface area contributed by atoms with Gasteiger partial charge in [0.15, 0.2) is 5.82 Å². The molecule has 0 bridgehead atoms. The third-order valence-electron chi connectivity index (χ3n) is 5.03. The van der Waals surface area contributed by atoms with Crippen LogP contribution in [0.4, 0.5) is 0 Å². The average Bonchev–Trinajstić information content (AvgIpc) is 3.38. The number of hydrogen-bond donors (Lipinski definition) is 1. The molecule has 1 saturated heterocycles. The van der Waals surface area contributed by atoms with E-state index in [1.165, 1.54) is 0 Å². The van der Waals surface area contributed by atoms with Gasteiger partial charge in [-0.2, -0.15) is 0 Å². The number of para-hydroxylation sites is 1. The Morgan fingerprint density at radius 1 is 1.25 bits per heavy atom. The van der Waals surface area contributed by atoms with Crippen LogP contribution in [-0.4, -0.2) is 44.7 Å². The molecule has 2 unspecified atom stereocenters. The molecule has 2 N–H and O–H groups in total. The Morgan fingerprint density at radius 2 is 2.04 bits per heavy atom. The van der Waals surface area contributed by atoms with Gasteiger partial charge in [-0.05, 0) is 49.3 Å². The summed E-state index contributed by atoms with van der Waals surface area (Å²) in [6.45, 7) is 3.41. The van der Waals surface area contributed by atoms with Gasteiger partial charge in [-0.3, -0.25) is 4.79 Å². The highest BCUT2D eigenvalue weighted by Crippen LogP contribution is 2.26. The normalized spacial score (nSPS) is 17.8. The van der Waals surface area contributed by atoms with Crippen molar-refractivity contribution in [3.05, 3.63) is 53.7 Å². The first-order valence-corrected chi connectivity index (χ1v) is 10.1. The molecule has 1 aliphatic rings. The predicted molar refractivity (Wildman–Crippen MR) is 114 cm³/mol. The highest BCUT2D eigenvalue weighted by Gasteiger charge is 2.29. The van der Waals surface area contributed by atoms with E-state index in [-0.39, 0.29) is 30.2 Å². The first kappa shape index (κ1) is 20.5. The smallest absolute Gasteiger partial charge is 0.293 e. The maximum Gasteiger partial charge on any atom is 0.293 e. The van der Waals surface area contributed by atoms with Crippen LogP contribution in [0.5, 0.6) is 0 Å². The van der Waals surface area contributed by atoms with Crippen LogP contribution in [0.2, 0.25) is 0 Å². The summed E-state index contributed by atoms with van der Waals surface area (Å²) in [7, 11) is 0. The van der Waals surface area contributed by atoms with Gasteiger partial charge in [-0.25, -0.2) is 9.67 Å². The quantitative estimate of drug-likeness (QED) is 0.703. The molecule has 1 fully saturated rings. The van der Waals surface area contributed by atoms with Crippen LogP contribution in [0.1, 0.15) is 30.4 Å². The zero-order valence-corrected chi connectivity index (χ0v) is 17.3. The van der Waals surface area contributed by atoms with E-state index < -0.39 is 0 Å². The zero-order valence-electron chi connectivity index (χ0n) is 15.7. The number of nitrogens with two attached hydrogens (primary N) is 1. The monoisotopic (exact) mass is 417 g/mol. The molecule has 0 spiro atoms. The molecule has 0 saturated carbocycles. The highest BCUT2D eigenvalue weighted by atomic mass is 35.5. The van der Waals surface area contributed by atoms with Crippen molar-refractivity contribution in [2.75, 3.05) is 13.1 Å². The first-order chi connectivity index (χ1) is 13.1. The second kappa shape index (κ2) is 8.86. The molecule has 4 rings (SSSR count). The Kier molecular flexibility index (Phi) is 6.49. The van der Waals surface area contributed by atoms with Gasteiger partial charge in [-0.15, -0.1) is 28.8 Å². The number of likely N-dealkylation sites (tertiary alicyclic amines) is 1. The van der Waals surface area contributed by atoms with Crippen molar-refractivity contribution in [3.63, 3.8) is 0 Å². The van der Waals surface area contributed by atoms with Crippen LogP contribution < -0.4 is 5.73 Å². The minimum absolute atomic E-state index is 0. The summed E-state index contributed by atoms with van der Waals surface area (Å²) in [6, 6.07) is 13.8. The van der Waals surface area contributed by atoms with E-state index >= 15 is 0 Å². The van der Waals surface area contributed by atoms with Crippen LogP contribution in [0.15, 0.2) is 47.8 Å². The Morgan fingerprint density at radius 3 is 2.71 bits per heavy atom. The number of nitrogens with zero attached hydrogens (tertiary/aromatic N) is 4. The summed E-state index contributed by atoms with van der Waals surface area (Å²) in [4.78, 5) is 20.5. The van der Waals surface area contributed by atoms with Crippen LogP contribution in [-0.2, 0) is 0 Å². The number of benzene rings is 1. The van der Waals surface area contributed by atoms with E-state index in [0.29, 0.717) is 18.3 Å². The second-order valence-electron chi connectivity index (χ2n) is 7.00. The van der Waals surface area contributed by atoms with Crippen molar-refractivity contribution in [2.45, 2.75) is 25.8 Å². The number of carbonyl (C=O) groups is 1. The van der Waals surface area contributed by atoms with Crippen molar-refractivity contribution in [1.82, 2.24) is 19.7 Å². The number of thiophene rings is 1. The number of hydrogen-bond acceptors (Lipinski definition) is 5. The maximum atomic E-state index is 13.1. The second-order valence-corrected chi connectivity index (χ2v) is 7.94. The number of rotatable bonds is 4. The van der Waals surface area contributed by atoms with Gasteiger partial charge in [0.05, 0.1) is 10.6 Å². The topological polar surface area (TPSA) is 77.0 Å². The van der Waals surface area contributed by atoms with Crippen LogP contribution in [0.25, 0.3) is 16.4 Å². The van der Waals surface area contributed by atoms with E-state index in [4.69, 9.17) is 5.73 Å². The van der Waals surface area contributed by atoms with E-state index in [9.17, 15) is 4.79 Å². The molecule has 8 heteroatoms. The van der Waals surface area contributed by atoms with Gasteiger partial charge < -0.3 is 10.6 Å². The minimum atomic E-state index is -0.118. The van der Waals surface area contributed by atoms with E-state index in [0.717, 1.165) is 30.0 Å². The molecule has 1 amide bonds. The number of amides is 1. The van der Waals surface area contributed by atoms with Crippen LogP contribution >= 0.6 is 23.7 Å². The van der Waals surface area contributed by atoms with Gasteiger partial charge in [0.1, 0.15) is 0 Å². The molecule has 28 heavy (non-hydrogen) atoms. The van der Waals surface area contributed by atoms with Crippen molar-refractivity contribution < 1.29 is 4.79 Å². The van der Waals surface area contributed by atoms with Gasteiger partial charge in [-0.1, -0.05) is 24.3 Å². The lowest BCUT2D eigenvalue weighted by Gasteiger charge is -2.33. The summed E-state index contributed by atoms with van der Waals surface area (Å²) >= 11 is 1.59. The number of piperidine rings is 1. The van der Waals surface area contributed by atoms with E-state index in [2.05, 4.69) is 10.1 Å². The van der Waals surface area contributed by atoms with Gasteiger partial charge in [0.25, 0.3) is 5.91 Å². The lowest BCUT2D eigenvalue weighted by atomic mass is 9.92. The maximum absolute atomic E-state index is 13.1. The molecule has 2 aromatic heterocycles. The summed E-state index contributed by atoms with van der Waals surface area (Å²) in [6.07, 6.45) is 2.03. The largest absolute Gasteiger partial charge is 0.336 e. The third kappa shape index (κ3) is 4.11. The van der Waals surface area contributed by atoms with Crippen LogP contribution in [0, 0.1) is 5.92 Å². The molecule has 3 aromatic rings. The molecule has 3 heterocycles. The van der Waals surface area contributed by atoms with Crippen molar-refractivity contribution in [2.24, 2.45) is 11.7 Å². The third-order valence-corrected chi connectivity index (χ3v) is 5.90. The summed E-state index contributed by atoms with van der Waals surface area (Å²) in [5, 5.41) is 6.57. The predicted octanol–water partition coefficient (Wildman–Crippen LogP) is 3.62. The standard InChI is InChI=1S/C20H23N5OS.ClH/c1-14(21)15-7-5-11-24(13-15)20(26)18-22-19(17-10-6-12-27-17)25(23-18)16-8-3-2-4-9-16;/h2-4,6,8-10,12,14-15H,5,7,11,13,21H2,1H3;1H. The lowest BCUT2D eigenvalue weighted by molar-refractivity contribution is 0.0648. The molecule has 148 valence electrons. The van der Waals surface area contributed by atoms with E-state index in [1.807, 2.05) is 59.7 Å². The molecule has 1 aliphatic heterocycles. The first-order valence-electron chi connectivity index (χ1n) is 9.24. The Balaban J connectivity index is 0.00000225. The molecule has 0 aliphatic carbocycles. The summed E-state index contributed by atoms with van der Waals surface area (Å²) in [5.74, 6) is 1.15. The number of carbonyl (C=O) groups excluding carboxylic acids is 1. The average molecular weight is 418 g/mol. The van der Waals surface area contributed by atoms with Crippen molar-refractivity contribution >= 4 is 29.7 Å². The number of aromatic nitrogens is 3. The Labute approximate surface area is 174 Å². The SMILES string of the molecule is CC(N)C1CCCN(C(=O)c2nc(-c3cccs3)n(-c3ccccc3)n2)C1.Cl. The fourth-order valence-electron chi connectivity index (χ4n) is 3.48. The highest BCUT2D eigenvalue weighted by molar-refractivity contribution is 7.13.